The predicted octanol–water partition coefficient (Wildman–Crippen LogP) is 5.91. The molecule has 0 aliphatic carbocycles. The summed E-state index contributed by atoms with van der Waals surface area (Å²) in [6.07, 6.45) is 0. The number of benzene rings is 2. The minimum atomic E-state index is -0.387. The van der Waals surface area contributed by atoms with Crippen molar-refractivity contribution in [3.63, 3.8) is 0 Å². The SMILES string of the molecule is O=[N+]([O-])c1ccccc1SC[C@H](Br)[C@@H](Br)CSc1ccccc1[N+](=O)[O-]. The van der Waals surface area contributed by atoms with Crippen molar-refractivity contribution in [3.05, 3.63) is 68.8 Å². The van der Waals surface area contributed by atoms with Gasteiger partial charge in [0.1, 0.15) is 0 Å². The van der Waals surface area contributed by atoms with Crippen LogP contribution in [-0.4, -0.2) is 31.0 Å². The lowest BCUT2D eigenvalue weighted by Crippen LogP contribution is -2.19. The van der Waals surface area contributed by atoms with E-state index in [1.54, 1.807) is 36.4 Å². The van der Waals surface area contributed by atoms with Crippen molar-refractivity contribution in [2.75, 3.05) is 11.5 Å². The topological polar surface area (TPSA) is 86.3 Å². The van der Waals surface area contributed by atoms with Crippen LogP contribution in [0, 0.1) is 20.2 Å². The van der Waals surface area contributed by atoms with Crippen LogP contribution >= 0.6 is 55.4 Å². The molecule has 6 nitrogen and oxygen atoms in total. The third-order valence-electron chi connectivity index (χ3n) is 3.31. The number of para-hydroxylation sites is 2. The third-order valence-corrected chi connectivity index (χ3v) is 9.17. The molecule has 10 heteroatoms. The van der Waals surface area contributed by atoms with Gasteiger partial charge in [-0.05, 0) is 12.1 Å². The van der Waals surface area contributed by atoms with Gasteiger partial charge in [-0.25, -0.2) is 0 Å². The zero-order chi connectivity index (χ0) is 19.1. The largest absolute Gasteiger partial charge is 0.282 e. The Kier molecular flexibility index (Phi) is 8.39. The highest BCUT2D eigenvalue weighted by Crippen LogP contribution is 2.34. The summed E-state index contributed by atoms with van der Waals surface area (Å²) in [5, 5.41) is 22.1. The maximum absolute atomic E-state index is 11.1. The fourth-order valence-corrected chi connectivity index (χ4v) is 5.74. The van der Waals surface area contributed by atoms with E-state index >= 15 is 0 Å². The zero-order valence-electron chi connectivity index (χ0n) is 13.3. The molecular formula is C16H14Br2N2O4S2. The van der Waals surface area contributed by atoms with Crippen LogP contribution in [0.3, 0.4) is 0 Å². The summed E-state index contributed by atoms with van der Waals surface area (Å²) in [6.45, 7) is 0. The summed E-state index contributed by atoms with van der Waals surface area (Å²) in [5.74, 6) is 1.25. The molecule has 0 heterocycles. The molecule has 26 heavy (non-hydrogen) atoms. The van der Waals surface area contributed by atoms with Crippen LogP contribution in [0.25, 0.3) is 0 Å². The lowest BCUT2D eigenvalue weighted by atomic mass is 10.3. The van der Waals surface area contributed by atoms with Crippen LogP contribution in [0.5, 0.6) is 0 Å². The number of nitro groups is 2. The highest BCUT2D eigenvalue weighted by Gasteiger charge is 2.21. The normalized spacial score (nSPS) is 13.2. The van der Waals surface area contributed by atoms with Gasteiger partial charge < -0.3 is 0 Å². The Hall–Kier alpha value is -1.10. The molecule has 2 aromatic rings. The Morgan fingerprint density at radius 1 is 0.769 bits per heavy atom. The molecule has 0 amide bonds. The van der Waals surface area contributed by atoms with Gasteiger partial charge in [0.15, 0.2) is 0 Å². The molecule has 138 valence electrons. The molecule has 0 unspecified atom stereocenters. The first kappa shape index (κ1) is 21.2. The van der Waals surface area contributed by atoms with Crippen molar-refractivity contribution < 1.29 is 9.85 Å². The number of alkyl halides is 2. The van der Waals surface area contributed by atoms with Crippen molar-refractivity contribution >= 4 is 66.8 Å². The monoisotopic (exact) mass is 520 g/mol. The summed E-state index contributed by atoms with van der Waals surface area (Å²) in [5.41, 5.74) is 0.190. The maximum atomic E-state index is 11.1. The molecule has 0 fully saturated rings. The van der Waals surface area contributed by atoms with Gasteiger partial charge in [-0.2, -0.15) is 0 Å². The molecule has 0 N–H and O–H groups in total. The Bertz CT molecular complexity index is 729. The Morgan fingerprint density at radius 3 is 1.46 bits per heavy atom. The molecule has 0 aliphatic heterocycles. The van der Waals surface area contributed by atoms with Gasteiger partial charge in [-0.15, -0.1) is 23.5 Å². The summed E-state index contributed by atoms with van der Waals surface area (Å²) >= 11 is 10.0. The Balaban J connectivity index is 1.92. The van der Waals surface area contributed by atoms with Gasteiger partial charge in [-0.1, -0.05) is 56.1 Å². The summed E-state index contributed by atoms with van der Waals surface area (Å²) < 4.78 is 0. The first-order valence-corrected chi connectivity index (χ1v) is 11.2. The maximum Gasteiger partial charge on any atom is 0.282 e. The fraction of sp³-hybridized carbons (Fsp3) is 0.250. The number of rotatable bonds is 9. The minimum absolute atomic E-state index is 0.0441. The second-order valence-corrected chi connectivity index (χ2v) is 9.58. The first-order chi connectivity index (χ1) is 12.4. The van der Waals surface area contributed by atoms with E-state index in [-0.39, 0.29) is 30.9 Å². The fourth-order valence-electron chi connectivity index (χ4n) is 2.01. The molecule has 0 aliphatic rings. The molecule has 0 bridgehead atoms. The van der Waals surface area contributed by atoms with Crippen molar-refractivity contribution in [1.82, 2.24) is 0 Å². The highest BCUT2D eigenvalue weighted by atomic mass is 79.9. The van der Waals surface area contributed by atoms with E-state index in [1.165, 1.54) is 35.7 Å². The summed E-state index contributed by atoms with van der Waals surface area (Å²) in [6, 6.07) is 13.3. The van der Waals surface area contributed by atoms with E-state index in [1.807, 2.05) is 0 Å². The van der Waals surface area contributed by atoms with Crippen LogP contribution in [-0.2, 0) is 0 Å². The standard InChI is InChI=1S/C16H14Br2N2O4S2/c17-11(9-25-15-7-3-1-5-13(15)19(21)22)12(18)10-26-16-8-4-2-6-14(16)20(23)24/h1-8,11-12H,9-10H2/t11-,12-/m0/s1. The molecule has 2 aromatic carbocycles. The highest BCUT2D eigenvalue weighted by molar-refractivity contribution is 9.12. The van der Waals surface area contributed by atoms with Crippen LogP contribution in [0.1, 0.15) is 0 Å². The van der Waals surface area contributed by atoms with Crippen LogP contribution in [0.4, 0.5) is 11.4 Å². The van der Waals surface area contributed by atoms with Gasteiger partial charge in [-0.3, -0.25) is 20.2 Å². The molecule has 0 spiro atoms. The Morgan fingerprint density at radius 2 is 1.12 bits per heavy atom. The quantitative estimate of drug-likeness (QED) is 0.176. The van der Waals surface area contributed by atoms with Crippen LogP contribution in [0.15, 0.2) is 58.3 Å². The summed E-state index contributed by atoms with van der Waals surface area (Å²) in [7, 11) is 0. The van der Waals surface area contributed by atoms with Gasteiger partial charge in [0.2, 0.25) is 0 Å². The Labute approximate surface area is 175 Å². The summed E-state index contributed by atoms with van der Waals surface area (Å²) in [4.78, 5) is 22.7. The van der Waals surface area contributed by atoms with E-state index in [0.29, 0.717) is 21.3 Å². The lowest BCUT2D eigenvalue weighted by molar-refractivity contribution is -0.387. The van der Waals surface area contributed by atoms with E-state index in [9.17, 15) is 20.2 Å². The molecule has 0 radical (unpaired) electrons. The van der Waals surface area contributed by atoms with Crippen molar-refractivity contribution in [3.8, 4) is 0 Å². The van der Waals surface area contributed by atoms with E-state index in [4.69, 9.17) is 0 Å². The molecule has 2 atom stereocenters. The smallest absolute Gasteiger partial charge is 0.258 e. The van der Waals surface area contributed by atoms with Gasteiger partial charge in [0, 0.05) is 33.3 Å². The van der Waals surface area contributed by atoms with E-state index < -0.39 is 0 Å². The average Bonchev–Trinajstić information content (AvgIpc) is 2.64. The van der Waals surface area contributed by atoms with E-state index in [0.717, 1.165) is 0 Å². The molecule has 0 aromatic heterocycles. The van der Waals surface area contributed by atoms with Crippen molar-refractivity contribution in [1.29, 1.82) is 0 Å². The van der Waals surface area contributed by atoms with Gasteiger partial charge in [0.25, 0.3) is 11.4 Å². The lowest BCUT2D eigenvalue weighted by Gasteiger charge is -2.16. The van der Waals surface area contributed by atoms with Crippen molar-refractivity contribution in [2.24, 2.45) is 0 Å². The molecule has 0 saturated heterocycles. The number of hydrogen-bond donors (Lipinski definition) is 0. The number of hydrogen-bond acceptors (Lipinski definition) is 6. The number of halogens is 2. The minimum Gasteiger partial charge on any atom is -0.258 e. The second-order valence-electron chi connectivity index (χ2n) is 5.10. The molecule has 2 rings (SSSR count). The van der Waals surface area contributed by atoms with Gasteiger partial charge in [0.05, 0.1) is 19.6 Å². The average molecular weight is 522 g/mol. The van der Waals surface area contributed by atoms with Gasteiger partial charge >= 0.3 is 0 Å². The predicted molar refractivity (Wildman–Crippen MR) is 113 cm³/mol. The molecule has 0 saturated carbocycles. The van der Waals surface area contributed by atoms with Crippen LogP contribution in [0.2, 0.25) is 0 Å². The molecular weight excluding hydrogens is 508 g/mol. The number of nitrogens with zero attached hydrogens (tertiary/aromatic N) is 2. The van der Waals surface area contributed by atoms with Crippen molar-refractivity contribution in [2.45, 2.75) is 19.4 Å². The number of thioether (sulfide) groups is 2. The third kappa shape index (κ3) is 5.97. The number of nitro benzene ring substituents is 2. The van der Waals surface area contributed by atoms with Crippen LogP contribution < -0.4 is 0 Å². The second kappa shape index (κ2) is 10.3. The zero-order valence-corrected chi connectivity index (χ0v) is 18.1. The van der Waals surface area contributed by atoms with E-state index in [2.05, 4.69) is 31.9 Å². The first-order valence-electron chi connectivity index (χ1n) is 7.40.